The molecule has 1 aliphatic rings. The third-order valence-electron chi connectivity index (χ3n) is 5.43. The molecule has 0 fully saturated rings. The van der Waals surface area contributed by atoms with Gasteiger partial charge in [-0.2, -0.15) is 0 Å². The molecule has 6 heteroatoms. The predicted octanol–water partition coefficient (Wildman–Crippen LogP) is 4.31. The predicted molar refractivity (Wildman–Crippen MR) is 114 cm³/mol. The van der Waals surface area contributed by atoms with Crippen LogP contribution in [0.1, 0.15) is 52.9 Å². The Labute approximate surface area is 171 Å². The average molecular weight is 400 g/mol. The molecule has 0 bridgehead atoms. The number of rotatable bonds is 4. The number of aromatic nitrogens is 1. The first kappa shape index (κ1) is 20.5. The Kier molecular flexibility index (Phi) is 5.89. The molecule has 0 radical (unpaired) electrons. The fourth-order valence-electron chi connectivity index (χ4n) is 3.63. The standard InChI is InChI=1S/C22H29N3O2S/c1-14-8-9-23-19(10-14)24-20(26)13-25(5)21(27)18-12-15-11-16(22(2,3)4)6-7-17(15)28-18/h8-10,12,16H,6-7,11,13H2,1-5H3,(H,23,24,26). The fraction of sp³-hybridized carbons (Fsp3) is 0.500. The van der Waals surface area contributed by atoms with Gasteiger partial charge in [0.05, 0.1) is 11.4 Å². The van der Waals surface area contributed by atoms with E-state index in [4.69, 9.17) is 0 Å². The number of hydrogen-bond acceptors (Lipinski definition) is 4. The van der Waals surface area contributed by atoms with E-state index < -0.39 is 0 Å². The zero-order chi connectivity index (χ0) is 20.5. The Balaban J connectivity index is 1.63. The van der Waals surface area contributed by atoms with E-state index >= 15 is 0 Å². The van der Waals surface area contributed by atoms with Gasteiger partial charge in [-0.3, -0.25) is 9.59 Å². The van der Waals surface area contributed by atoms with Crippen LogP contribution < -0.4 is 5.32 Å². The highest BCUT2D eigenvalue weighted by Gasteiger charge is 2.31. The lowest BCUT2D eigenvalue weighted by atomic mass is 9.72. The van der Waals surface area contributed by atoms with Crippen LogP contribution in [-0.2, 0) is 17.6 Å². The molecule has 5 nitrogen and oxygen atoms in total. The minimum atomic E-state index is -0.247. The van der Waals surface area contributed by atoms with Crippen molar-refractivity contribution < 1.29 is 9.59 Å². The second-order valence-corrected chi connectivity index (χ2v) is 9.93. The number of carbonyl (C=O) groups is 2. The van der Waals surface area contributed by atoms with E-state index in [1.807, 2.05) is 19.1 Å². The van der Waals surface area contributed by atoms with E-state index in [2.05, 4.69) is 31.1 Å². The highest BCUT2D eigenvalue weighted by Crippen LogP contribution is 2.40. The number of nitrogens with one attached hydrogen (secondary N) is 1. The average Bonchev–Trinajstić information content (AvgIpc) is 3.03. The van der Waals surface area contributed by atoms with Crippen molar-refractivity contribution in [2.75, 3.05) is 18.9 Å². The van der Waals surface area contributed by atoms with Gasteiger partial charge < -0.3 is 10.2 Å². The van der Waals surface area contributed by atoms with Gasteiger partial charge >= 0.3 is 0 Å². The molecular formula is C22H29N3O2S. The van der Waals surface area contributed by atoms with Crippen LogP contribution in [0, 0.1) is 18.3 Å². The molecule has 28 heavy (non-hydrogen) atoms. The first-order valence-electron chi connectivity index (χ1n) is 9.73. The van der Waals surface area contributed by atoms with E-state index in [0.717, 1.165) is 23.3 Å². The van der Waals surface area contributed by atoms with Gasteiger partial charge in [-0.05, 0) is 66.8 Å². The van der Waals surface area contributed by atoms with Crippen molar-refractivity contribution in [1.82, 2.24) is 9.88 Å². The summed E-state index contributed by atoms with van der Waals surface area (Å²) >= 11 is 1.58. The SMILES string of the molecule is Cc1ccnc(NC(=O)CN(C)C(=O)c2cc3c(s2)CCC(C(C)(C)C)C3)c1. The highest BCUT2D eigenvalue weighted by atomic mass is 32.1. The number of amides is 2. The zero-order valence-corrected chi connectivity index (χ0v) is 18.2. The van der Waals surface area contributed by atoms with Gasteiger partial charge in [-0.15, -0.1) is 11.3 Å². The van der Waals surface area contributed by atoms with Crippen molar-refractivity contribution in [3.63, 3.8) is 0 Å². The van der Waals surface area contributed by atoms with Crippen molar-refractivity contribution >= 4 is 29.0 Å². The molecule has 2 aromatic rings. The molecule has 3 rings (SSSR count). The quantitative estimate of drug-likeness (QED) is 0.833. The monoisotopic (exact) mass is 399 g/mol. The van der Waals surface area contributed by atoms with Gasteiger partial charge in [0, 0.05) is 18.1 Å². The van der Waals surface area contributed by atoms with Crippen molar-refractivity contribution in [3.05, 3.63) is 45.3 Å². The maximum atomic E-state index is 12.8. The van der Waals surface area contributed by atoms with Crippen LogP contribution in [0.2, 0.25) is 0 Å². The minimum Gasteiger partial charge on any atom is -0.332 e. The third kappa shape index (κ3) is 4.79. The Morgan fingerprint density at radius 3 is 2.75 bits per heavy atom. The lowest BCUT2D eigenvalue weighted by Crippen LogP contribution is -2.34. The Hall–Kier alpha value is -2.21. The lowest BCUT2D eigenvalue weighted by Gasteiger charge is -2.33. The van der Waals surface area contributed by atoms with Crippen molar-refractivity contribution in [3.8, 4) is 0 Å². The first-order valence-corrected chi connectivity index (χ1v) is 10.5. The summed E-state index contributed by atoms with van der Waals surface area (Å²) in [5.74, 6) is 0.802. The van der Waals surface area contributed by atoms with Crippen molar-refractivity contribution in [1.29, 1.82) is 0 Å². The van der Waals surface area contributed by atoms with Gasteiger partial charge in [0.25, 0.3) is 5.91 Å². The van der Waals surface area contributed by atoms with E-state index in [9.17, 15) is 9.59 Å². The minimum absolute atomic E-state index is 0.00163. The molecule has 0 saturated carbocycles. The molecular weight excluding hydrogens is 370 g/mol. The second kappa shape index (κ2) is 8.03. The molecule has 1 aliphatic carbocycles. The molecule has 0 saturated heterocycles. The number of thiophene rings is 1. The topological polar surface area (TPSA) is 62.3 Å². The summed E-state index contributed by atoms with van der Waals surface area (Å²) in [5, 5.41) is 2.75. The molecule has 1 unspecified atom stereocenters. The molecule has 0 aliphatic heterocycles. The van der Waals surface area contributed by atoms with Gasteiger partial charge in [0.15, 0.2) is 0 Å². The van der Waals surface area contributed by atoms with E-state index in [0.29, 0.717) is 11.7 Å². The normalized spacial score (nSPS) is 16.4. The number of fused-ring (bicyclic) bond motifs is 1. The van der Waals surface area contributed by atoms with E-state index in [1.165, 1.54) is 21.8 Å². The summed E-state index contributed by atoms with van der Waals surface area (Å²) in [5.41, 5.74) is 2.61. The summed E-state index contributed by atoms with van der Waals surface area (Å²) in [7, 11) is 1.67. The van der Waals surface area contributed by atoms with Gasteiger partial charge in [0.1, 0.15) is 5.82 Å². The summed E-state index contributed by atoms with van der Waals surface area (Å²) in [6.07, 6.45) is 4.90. The molecule has 0 aromatic carbocycles. The number of likely N-dealkylation sites (N-methyl/N-ethyl adjacent to an activating group) is 1. The molecule has 0 spiro atoms. The van der Waals surface area contributed by atoms with Gasteiger partial charge in [-0.25, -0.2) is 4.98 Å². The van der Waals surface area contributed by atoms with Crippen LogP contribution in [-0.4, -0.2) is 35.3 Å². The smallest absolute Gasteiger partial charge is 0.264 e. The van der Waals surface area contributed by atoms with Crippen LogP contribution in [0.3, 0.4) is 0 Å². The van der Waals surface area contributed by atoms with Crippen LogP contribution >= 0.6 is 11.3 Å². The molecule has 2 amide bonds. The summed E-state index contributed by atoms with van der Waals surface area (Å²) in [6, 6.07) is 5.71. The second-order valence-electron chi connectivity index (χ2n) is 8.79. The lowest BCUT2D eigenvalue weighted by molar-refractivity contribution is -0.116. The number of hydrogen-bond donors (Lipinski definition) is 1. The molecule has 2 aromatic heterocycles. The first-order chi connectivity index (χ1) is 13.1. The number of nitrogens with zero attached hydrogens (tertiary/aromatic N) is 2. The van der Waals surface area contributed by atoms with Crippen LogP contribution in [0.5, 0.6) is 0 Å². The Morgan fingerprint density at radius 2 is 2.07 bits per heavy atom. The van der Waals surface area contributed by atoms with Crippen LogP contribution in [0.4, 0.5) is 5.82 Å². The summed E-state index contributed by atoms with van der Waals surface area (Å²) < 4.78 is 0. The number of carbonyl (C=O) groups excluding carboxylic acids is 2. The van der Waals surface area contributed by atoms with E-state index in [-0.39, 0.29) is 23.8 Å². The Morgan fingerprint density at radius 1 is 1.32 bits per heavy atom. The zero-order valence-electron chi connectivity index (χ0n) is 17.3. The van der Waals surface area contributed by atoms with Crippen molar-refractivity contribution in [2.45, 2.75) is 47.0 Å². The van der Waals surface area contributed by atoms with Crippen LogP contribution in [0.25, 0.3) is 0 Å². The number of anilines is 1. The van der Waals surface area contributed by atoms with Crippen molar-refractivity contribution in [2.24, 2.45) is 11.3 Å². The summed E-state index contributed by atoms with van der Waals surface area (Å²) in [4.78, 5) is 32.8. The van der Waals surface area contributed by atoms with Crippen LogP contribution in [0.15, 0.2) is 24.4 Å². The highest BCUT2D eigenvalue weighted by molar-refractivity contribution is 7.14. The maximum absolute atomic E-state index is 12.8. The third-order valence-corrected chi connectivity index (χ3v) is 6.65. The molecule has 150 valence electrons. The Bertz CT molecular complexity index is 882. The number of aryl methyl sites for hydroxylation is 2. The maximum Gasteiger partial charge on any atom is 0.264 e. The molecule has 2 heterocycles. The van der Waals surface area contributed by atoms with E-state index in [1.54, 1.807) is 30.6 Å². The molecule has 1 atom stereocenters. The molecule has 1 N–H and O–H groups in total. The summed E-state index contributed by atoms with van der Waals surface area (Å²) in [6.45, 7) is 8.81. The fourth-order valence-corrected chi connectivity index (χ4v) is 4.83. The largest absolute Gasteiger partial charge is 0.332 e. The number of pyridine rings is 1. The van der Waals surface area contributed by atoms with Gasteiger partial charge in [-0.1, -0.05) is 20.8 Å². The van der Waals surface area contributed by atoms with Gasteiger partial charge in [0.2, 0.25) is 5.91 Å².